The van der Waals surface area contributed by atoms with E-state index in [0.717, 1.165) is 10.9 Å². The fourth-order valence-electron chi connectivity index (χ4n) is 2.02. The van der Waals surface area contributed by atoms with Gasteiger partial charge >= 0.3 is 0 Å². The van der Waals surface area contributed by atoms with E-state index in [1.807, 2.05) is 0 Å². The van der Waals surface area contributed by atoms with E-state index in [2.05, 4.69) is 25.3 Å². The zero-order valence-electron chi connectivity index (χ0n) is 12.9. The SMILES string of the molecule is Cc1ncc2c(SCC(=O)NCc3ccc(F)cc3)ncnc2n1. The molecule has 1 N–H and O–H groups in total. The summed E-state index contributed by atoms with van der Waals surface area (Å²) in [6, 6.07) is 6.01. The van der Waals surface area contributed by atoms with Gasteiger partial charge in [-0.25, -0.2) is 24.3 Å². The minimum atomic E-state index is -0.297. The fraction of sp³-hybridized carbons (Fsp3) is 0.188. The van der Waals surface area contributed by atoms with Crippen LogP contribution in [0.1, 0.15) is 11.4 Å². The lowest BCUT2D eigenvalue weighted by atomic mass is 10.2. The number of amides is 1. The van der Waals surface area contributed by atoms with Crippen molar-refractivity contribution in [1.29, 1.82) is 0 Å². The van der Waals surface area contributed by atoms with E-state index in [4.69, 9.17) is 0 Å². The maximum Gasteiger partial charge on any atom is 0.230 e. The van der Waals surface area contributed by atoms with Crippen LogP contribution < -0.4 is 5.32 Å². The average molecular weight is 343 g/mol. The molecule has 0 fully saturated rings. The largest absolute Gasteiger partial charge is 0.351 e. The van der Waals surface area contributed by atoms with Crippen molar-refractivity contribution in [3.63, 3.8) is 0 Å². The molecule has 24 heavy (non-hydrogen) atoms. The van der Waals surface area contributed by atoms with Crippen LogP contribution in [-0.2, 0) is 11.3 Å². The second-order valence-corrected chi connectivity index (χ2v) is 5.99. The molecule has 0 aliphatic rings. The molecule has 6 nitrogen and oxygen atoms in total. The van der Waals surface area contributed by atoms with Crippen molar-refractivity contribution >= 4 is 28.7 Å². The van der Waals surface area contributed by atoms with Crippen LogP contribution in [0.3, 0.4) is 0 Å². The van der Waals surface area contributed by atoms with Crippen molar-refractivity contribution < 1.29 is 9.18 Å². The van der Waals surface area contributed by atoms with Crippen LogP contribution in [0.15, 0.2) is 41.8 Å². The van der Waals surface area contributed by atoms with E-state index in [0.29, 0.717) is 23.0 Å². The number of nitrogens with one attached hydrogen (secondary N) is 1. The summed E-state index contributed by atoms with van der Waals surface area (Å²) >= 11 is 1.30. The number of thioether (sulfide) groups is 1. The predicted octanol–water partition coefficient (Wildman–Crippen LogP) is 2.28. The molecule has 3 aromatic rings. The van der Waals surface area contributed by atoms with Crippen molar-refractivity contribution in [2.75, 3.05) is 5.75 Å². The van der Waals surface area contributed by atoms with Crippen LogP contribution in [0.4, 0.5) is 4.39 Å². The van der Waals surface area contributed by atoms with Crippen LogP contribution in [0.25, 0.3) is 11.0 Å². The van der Waals surface area contributed by atoms with Gasteiger partial charge in [0.1, 0.15) is 23.0 Å². The summed E-state index contributed by atoms with van der Waals surface area (Å²) in [5.41, 5.74) is 1.40. The summed E-state index contributed by atoms with van der Waals surface area (Å²) < 4.78 is 12.8. The third-order valence-electron chi connectivity index (χ3n) is 3.22. The number of carbonyl (C=O) groups excluding carboxylic acids is 1. The Morgan fingerprint density at radius 2 is 2.00 bits per heavy atom. The van der Waals surface area contributed by atoms with E-state index < -0.39 is 0 Å². The Morgan fingerprint density at radius 1 is 1.21 bits per heavy atom. The number of aromatic nitrogens is 4. The molecule has 3 rings (SSSR count). The molecule has 0 aliphatic heterocycles. The second-order valence-electron chi connectivity index (χ2n) is 5.03. The Labute approximate surface area is 142 Å². The minimum Gasteiger partial charge on any atom is -0.351 e. The Kier molecular flexibility index (Phi) is 4.95. The molecule has 2 heterocycles. The van der Waals surface area contributed by atoms with Gasteiger partial charge in [-0.05, 0) is 24.6 Å². The molecule has 122 valence electrons. The van der Waals surface area contributed by atoms with Gasteiger partial charge in [0.25, 0.3) is 0 Å². The topological polar surface area (TPSA) is 80.7 Å². The van der Waals surface area contributed by atoms with Gasteiger partial charge in [-0.2, -0.15) is 0 Å². The molecule has 0 aliphatic carbocycles. The van der Waals surface area contributed by atoms with Crippen molar-refractivity contribution in [2.24, 2.45) is 0 Å². The maximum atomic E-state index is 12.8. The summed E-state index contributed by atoms with van der Waals surface area (Å²) in [6.45, 7) is 2.14. The standard InChI is InChI=1S/C16H14FN5OS/c1-10-18-7-13-15(22-10)20-9-21-16(13)24-8-14(23)19-6-11-2-4-12(17)5-3-11/h2-5,7,9H,6,8H2,1H3,(H,19,23). The summed E-state index contributed by atoms with van der Waals surface area (Å²) in [5, 5.41) is 4.17. The molecular formula is C16H14FN5OS. The molecule has 0 saturated heterocycles. The van der Waals surface area contributed by atoms with Gasteiger partial charge in [0.2, 0.25) is 5.91 Å². The van der Waals surface area contributed by atoms with E-state index in [9.17, 15) is 9.18 Å². The van der Waals surface area contributed by atoms with E-state index in [-0.39, 0.29) is 17.5 Å². The van der Waals surface area contributed by atoms with Gasteiger partial charge < -0.3 is 5.32 Å². The van der Waals surface area contributed by atoms with Crippen LogP contribution in [0.2, 0.25) is 0 Å². The number of aryl methyl sites for hydroxylation is 1. The zero-order chi connectivity index (χ0) is 16.9. The number of benzene rings is 1. The predicted molar refractivity (Wildman–Crippen MR) is 88.8 cm³/mol. The molecule has 2 aromatic heterocycles. The van der Waals surface area contributed by atoms with Gasteiger partial charge in [0.15, 0.2) is 5.65 Å². The highest BCUT2D eigenvalue weighted by molar-refractivity contribution is 8.00. The molecular weight excluding hydrogens is 329 g/mol. The van der Waals surface area contributed by atoms with Gasteiger partial charge in [-0.1, -0.05) is 23.9 Å². The van der Waals surface area contributed by atoms with Crippen molar-refractivity contribution in [1.82, 2.24) is 25.3 Å². The number of rotatable bonds is 5. The lowest BCUT2D eigenvalue weighted by Gasteiger charge is -2.06. The van der Waals surface area contributed by atoms with E-state index >= 15 is 0 Å². The van der Waals surface area contributed by atoms with Crippen LogP contribution in [-0.4, -0.2) is 31.6 Å². The lowest BCUT2D eigenvalue weighted by Crippen LogP contribution is -2.24. The smallest absolute Gasteiger partial charge is 0.230 e. The molecule has 0 bridgehead atoms. The molecule has 0 saturated carbocycles. The summed E-state index contributed by atoms with van der Waals surface area (Å²) in [6.07, 6.45) is 3.09. The number of nitrogens with zero attached hydrogens (tertiary/aromatic N) is 4. The van der Waals surface area contributed by atoms with Gasteiger partial charge in [0.05, 0.1) is 11.1 Å². The highest BCUT2D eigenvalue weighted by Gasteiger charge is 2.09. The Balaban J connectivity index is 1.59. The third kappa shape index (κ3) is 4.02. The normalized spacial score (nSPS) is 10.8. The quantitative estimate of drug-likeness (QED) is 0.565. The highest BCUT2D eigenvalue weighted by atomic mass is 32.2. The maximum absolute atomic E-state index is 12.8. The van der Waals surface area contributed by atoms with Gasteiger partial charge in [-0.15, -0.1) is 0 Å². The monoisotopic (exact) mass is 343 g/mol. The van der Waals surface area contributed by atoms with Crippen molar-refractivity contribution in [3.05, 3.63) is 54.0 Å². The first-order valence-corrected chi connectivity index (χ1v) is 8.18. The average Bonchev–Trinajstić information content (AvgIpc) is 2.59. The van der Waals surface area contributed by atoms with Crippen LogP contribution in [0, 0.1) is 12.7 Å². The molecule has 8 heteroatoms. The first-order chi connectivity index (χ1) is 11.6. The Hall–Kier alpha value is -2.61. The van der Waals surface area contributed by atoms with Gasteiger partial charge in [-0.3, -0.25) is 4.79 Å². The van der Waals surface area contributed by atoms with E-state index in [1.54, 1.807) is 25.3 Å². The number of fused-ring (bicyclic) bond motifs is 1. The Morgan fingerprint density at radius 3 is 2.79 bits per heavy atom. The summed E-state index contributed by atoms with van der Waals surface area (Å²) in [5.74, 6) is 0.410. The van der Waals surface area contributed by atoms with Crippen LogP contribution >= 0.6 is 11.8 Å². The lowest BCUT2D eigenvalue weighted by molar-refractivity contribution is -0.118. The van der Waals surface area contributed by atoms with Crippen molar-refractivity contribution in [3.8, 4) is 0 Å². The van der Waals surface area contributed by atoms with E-state index in [1.165, 1.54) is 30.2 Å². The number of hydrogen-bond donors (Lipinski definition) is 1. The number of hydrogen-bond acceptors (Lipinski definition) is 6. The second kappa shape index (κ2) is 7.31. The summed E-state index contributed by atoms with van der Waals surface area (Å²) in [4.78, 5) is 28.6. The molecule has 0 radical (unpaired) electrons. The fourth-order valence-corrected chi connectivity index (χ4v) is 2.81. The molecule has 1 aromatic carbocycles. The Bertz CT molecular complexity index is 872. The highest BCUT2D eigenvalue weighted by Crippen LogP contribution is 2.22. The molecule has 0 atom stereocenters. The van der Waals surface area contributed by atoms with Crippen LogP contribution in [0.5, 0.6) is 0 Å². The first-order valence-electron chi connectivity index (χ1n) is 7.20. The third-order valence-corrected chi connectivity index (χ3v) is 4.22. The number of carbonyl (C=O) groups is 1. The van der Waals surface area contributed by atoms with Gasteiger partial charge in [0, 0.05) is 12.7 Å². The number of halogens is 1. The molecule has 1 amide bonds. The summed E-state index contributed by atoms with van der Waals surface area (Å²) in [7, 11) is 0. The molecule has 0 unspecified atom stereocenters. The zero-order valence-corrected chi connectivity index (χ0v) is 13.7. The first kappa shape index (κ1) is 16.3. The minimum absolute atomic E-state index is 0.135. The van der Waals surface area contributed by atoms with Crippen molar-refractivity contribution in [2.45, 2.75) is 18.5 Å². The molecule has 0 spiro atoms.